The Morgan fingerprint density at radius 3 is 2.77 bits per heavy atom. The average Bonchev–Trinajstić information content (AvgIpc) is 2.85. The van der Waals surface area contributed by atoms with Gasteiger partial charge in [0.05, 0.1) is 22.3 Å². The second-order valence-electron chi connectivity index (χ2n) is 4.79. The largest absolute Gasteiger partial charge is 0.478 e. The van der Waals surface area contributed by atoms with E-state index >= 15 is 0 Å². The lowest BCUT2D eigenvalue weighted by atomic mass is 10.1. The van der Waals surface area contributed by atoms with E-state index in [1.807, 2.05) is 0 Å². The Hall–Kier alpha value is -2.15. The number of aryl methyl sites for hydroxylation is 1. The summed E-state index contributed by atoms with van der Waals surface area (Å²) in [6, 6.07) is 0. The monoisotopic (exact) mass is 325 g/mol. The number of hydrogen-bond donors (Lipinski definition) is 1. The molecule has 0 saturated carbocycles. The predicted octanol–water partition coefficient (Wildman–Crippen LogP) is 2.65. The first kappa shape index (κ1) is 16.2. The molecule has 118 valence electrons. The lowest BCUT2D eigenvalue weighted by molar-refractivity contribution is -0.142. The van der Waals surface area contributed by atoms with Crippen LogP contribution in [-0.2, 0) is 22.7 Å². The molecule has 0 atom stereocenters. The average molecular weight is 326 g/mol. The summed E-state index contributed by atoms with van der Waals surface area (Å²) in [5.74, 6) is -1.74. The third-order valence-corrected chi connectivity index (χ3v) is 3.54. The second-order valence-corrected chi connectivity index (χ2v) is 5.17. The van der Waals surface area contributed by atoms with Crippen LogP contribution in [0.3, 0.4) is 0 Å². The van der Waals surface area contributed by atoms with E-state index in [-0.39, 0.29) is 22.9 Å². The summed E-state index contributed by atoms with van der Waals surface area (Å²) in [5, 5.41) is 14.1. The van der Waals surface area contributed by atoms with E-state index in [2.05, 4.69) is 17.0 Å². The molecule has 0 fully saturated rings. The van der Waals surface area contributed by atoms with Crippen LogP contribution >= 0.6 is 11.6 Å². The second kappa shape index (κ2) is 6.74. The van der Waals surface area contributed by atoms with Crippen molar-refractivity contribution in [2.45, 2.75) is 39.8 Å². The van der Waals surface area contributed by atoms with Crippen LogP contribution < -0.4 is 0 Å². The first-order valence-electron chi connectivity index (χ1n) is 6.86. The molecule has 0 unspecified atom stereocenters. The number of carboxylic acid groups (broad SMARTS) is 1. The third-order valence-electron chi connectivity index (χ3n) is 3.15. The van der Waals surface area contributed by atoms with Crippen LogP contribution in [0.5, 0.6) is 0 Å². The first-order valence-corrected chi connectivity index (χ1v) is 7.24. The third kappa shape index (κ3) is 3.19. The van der Waals surface area contributed by atoms with Crippen molar-refractivity contribution in [1.82, 2.24) is 14.8 Å². The summed E-state index contributed by atoms with van der Waals surface area (Å²) < 4.78 is 6.54. The van der Waals surface area contributed by atoms with Crippen molar-refractivity contribution < 1.29 is 19.4 Å². The number of carbonyl (C=O) groups excluding carboxylic acids is 1. The van der Waals surface area contributed by atoms with Crippen molar-refractivity contribution in [2.24, 2.45) is 0 Å². The molecule has 0 bridgehead atoms. The van der Waals surface area contributed by atoms with Crippen LogP contribution in [0.4, 0.5) is 0 Å². The maximum atomic E-state index is 11.4. The maximum Gasteiger partial charge on any atom is 0.339 e. The van der Waals surface area contributed by atoms with Crippen molar-refractivity contribution in [3.8, 4) is 0 Å². The molecule has 2 aromatic heterocycles. The van der Waals surface area contributed by atoms with Gasteiger partial charge in [0.2, 0.25) is 0 Å². The molecular weight excluding hydrogens is 310 g/mol. The number of esters is 1. The summed E-state index contributed by atoms with van der Waals surface area (Å²) in [6.07, 6.45) is 3.40. The normalized spacial score (nSPS) is 10.9. The molecule has 2 heterocycles. The summed E-state index contributed by atoms with van der Waals surface area (Å²) in [7, 11) is 0. The maximum absolute atomic E-state index is 11.4. The van der Waals surface area contributed by atoms with Crippen molar-refractivity contribution in [1.29, 1.82) is 0 Å². The molecule has 0 radical (unpaired) electrons. The zero-order valence-electron chi connectivity index (χ0n) is 12.3. The Balaban J connectivity index is 2.55. The summed E-state index contributed by atoms with van der Waals surface area (Å²) in [5.41, 5.74) is 0.439. The lowest BCUT2D eigenvalue weighted by Crippen LogP contribution is -2.11. The Labute approximate surface area is 131 Å². The minimum atomic E-state index is -1.22. The Kier molecular flexibility index (Phi) is 4.97. The molecule has 2 rings (SSSR count). The highest BCUT2D eigenvalue weighted by Gasteiger charge is 2.22. The van der Waals surface area contributed by atoms with Gasteiger partial charge < -0.3 is 9.84 Å². The van der Waals surface area contributed by atoms with Crippen LogP contribution in [0.25, 0.3) is 11.0 Å². The zero-order valence-corrected chi connectivity index (χ0v) is 13.1. The van der Waals surface area contributed by atoms with Crippen LogP contribution in [0.15, 0.2) is 6.20 Å². The number of hydrogen-bond acceptors (Lipinski definition) is 5. The van der Waals surface area contributed by atoms with Crippen molar-refractivity contribution in [3.05, 3.63) is 22.5 Å². The number of ether oxygens (including phenoxy) is 1. The van der Waals surface area contributed by atoms with Gasteiger partial charge in [-0.05, 0) is 6.42 Å². The van der Waals surface area contributed by atoms with Gasteiger partial charge in [-0.15, -0.1) is 0 Å². The van der Waals surface area contributed by atoms with Crippen LogP contribution in [0, 0.1) is 0 Å². The number of aromatic carboxylic acids is 1. The van der Waals surface area contributed by atoms with Gasteiger partial charge in [-0.1, -0.05) is 24.9 Å². The molecular formula is C14H16ClN3O4. The van der Waals surface area contributed by atoms with Gasteiger partial charge in [-0.2, -0.15) is 5.10 Å². The fourth-order valence-corrected chi connectivity index (χ4v) is 2.38. The SMILES string of the molecule is CCCCn1ncc2c(Cl)c(C(=O)O)c(COC(C)=O)nc21. The molecule has 0 spiro atoms. The van der Waals surface area contributed by atoms with Gasteiger partial charge in [0.25, 0.3) is 0 Å². The fraction of sp³-hybridized carbons (Fsp3) is 0.429. The van der Waals surface area contributed by atoms with E-state index in [9.17, 15) is 14.7 Å². The number of halogens is 1. The van der Waals surface area contributed by atoms with Crippen LogP contribution in [0.2, 0.25) is 5.02 Å². The van der Waals surface area contributed by atoms with Gasteiger partial charge in [-0.3, -0.25) is 4.79 Å². The molecule has 8 heteroatoms. The molecule has 0 aliphatic carbocycles. The summed E-state index contributed by atoms with van der Waals surface area (Å²) in [4.78, 5) is 26.7. The summed E-state index contributed by atoms with van der Waals surface area (Å²) in [6.45, 7) is 3.71. The highest BCUT2D eigenvalue weighted by molar-refractivity contribution is 6.38. The smallest absolute Gasteiger partial charge is 0.339 e. The molecule has 2 aromatic rings. The van der Waals surface area contributed by atoms with Crippen molar-refractivity contribution >= 4 is 34.6 Å². The standard InChI is InChI=1S/C14H16ClN3O4/c1-3-4-5-18-13-9(6-16-18)12(15)11(14(20)21)10(17-13)7-22-8(2)19/h6H,3-5,7H2,1-2H3,(H,20,21). The molecule has 0 saturated heterocycles. The molecule has 7 nitrogen and oxygen atoms in total. The minimum Gasteiger partial charge on any atom is -0.478 e. The zero-order chi connectivity index (χ0) is 16.3. The molecule has 0 aliphatic rings. The van der Waals surface area contributed by atoms with Crippen LogP contribution in [-0.4, -0.2) is 31.8 Å². The number of rotatable bonds is 6. The molecule has 0 amide bonds. The van der Waals surface area contributed by atoms with Crippen molar-refractivity contribution in [3.63, 3.8) is 0 Å². The van der Waals surface area contributed by atoms with Gasteiger partial charge in [-0.25, -0.2) is 14.5 Å². The number of carbonyl (C=O) groups is 2. The number of fused-ring (bicyclic) bond motifs is 1. The number of aromatic nitrogens is 3. The summed E-state index contributed by atoms with van der Waals surface area (Å²) >= 11 is 6.19. The Bertz CT molecular complexity index is 726. The van der Waals surface area contributed by atoms with E-state index in [1.54, 1.807) is 4.68 Å². The van der Waals surface area contributed by atoms with Crippen molar-refractivity contribution in [2.75, 3.05) is 0 Å². The lowest BCUT2D eigenvalue weighted by Gasteiger charge is -2.09. The molecule has 0 aromatic carbocycles. The topological polar surface area (TPSA) is 94.3 Å². The highest BCUT2D eigenvalue weighted by Crippen LogP contribution is 2.29. The predicted molar refractivity (Wildman–Crippen MR) is 79.9 cm³/mol. The van der Waals surface area contributed by atoms with Gasteiger partial charge in [0.1, 0.15) is 12.2 Å². The quantitative estimate of drug-likeness (QED) is 0.820. The van der Waals surface area contributed by atoms with Gasteiger partial charge in [0, 0.05) is 13.5 Å². The molecule has 22 heavy (non-hydrogen) atoms. The van der Waals surface area contributed by atoms with E-state index in [0.29, 0.717) is 17.6 Å². The Morgan fingerprint density at radius 2 is 2.18 bits per heavy atom. The molecule has 0 aliphatic heterocycles. The van der Waals surface area contributed by atoms with Gasteiger partial charge >= 0.3 is 11.9 Å². The van der Waals surface area contributed by atoms with E-state index < -0.39 is 11.9 Å². The Morgan fingerprint density at radius 1 is 1.45 bits per heavy atom. The number of unbranched alkanes of at least 4 members (excludes halogenated alkanes) is 1. The number of nitrogens with zero attached hydrogens (tertiary/aromatic N) is 3. The fourth-order valence-electron chi connectivity index (χ4n) is 2.06. The van der Waals surface area contributed by atoms with Gasteiger partial charge in [0.15, 0.2) is 5.65 Å². The molecule has 1 N–H and O–H groups in total. The van der Waals surface area contributed by atoms with E-state index in [4.69, 9.17) is 16.3 Å². The minimum absolute atomic E-state index is 0.0578. The van der Waals surface area contributed by atoms with Crippen LogP contribution in [0.1, 0.15) is 42.7 Å². The van der Waals surface area contributed by atoms with E-state index in [1.165, 1.54) is 13.1 Å². The number of pyridine rings is 1. The first-order chi connectivity index (χ1) is 10.5. The highest BCUT2D eigenvalue weighted by atomic mass is 35.5. The number of carboxylic acids is 1. The van der Waals surface area contributed by atoms with E-state index in [0.717, 1.165) is 12.8 Å².